The Morgan fingerprint density at radius 1 is 1.07 bits per heavy atom. The van der Waals surface area contributed by atoms with Gasteiger partial charge in [-0.2, -0.15) is 0 Å². The van der Waals surface area contributed by atoms with Crippen molar-refractivity contribution in [2.75, 3.05) is 6.54 Å². The van der Waals surface area contributed by atoms with Crippen molar-refractivity contribution >= 4 is 12.4 Å². The van der Waals surface area contributed by atoms with Crippen LogP contribution in [0.1, 0.15) is 42.0 Å². The van der Waals surface area contributed by atoms with Crippen molar-refractivity contribution in [3.8, 4) is 0 Å². The number of halogens is 1. The summed E-state index contributed by atoms with van der Waals surface area (Å²) in [6.07, 6.45) is 3.99. The molecule has 0 aromatic heterocycles. The highest BCUT2D eigenvalue weighted by Gasteiger charge is 2.14. The third kappa shape index (κ3) is 3.22. The lowest BCUT2D eigenvalue weighted by Crippen LogP contribution is -2.26. The second-order valence-electron chi connectivity index (χ2n) is 4.42. The largest absolute Gasteiger partial charge is 0.310 e. The highest BCUT2D eigenvalue weighted by molar-refractivity contribution is 5.85. The first kappa shape index (κ1) is 12.5. The highest BCUT2D eigenvalue weighted by atomic mass is 35.5. The topological polar surface area (TPSA) is 12.0 Å². The van der Waals surface area contributed by atoms with Crippen LogP contribution in [0.25, 0.3) is 0 Å². The fourth-order valence-electron chi connectivity index (χ4n) is 2.35. The van der Waals surface area contributed by atoms with Gasteiger partial charge < -0.3 is 5.32 Å². The third-order valence-corrected chi connectivity index (χ3v) is 2.96. The van der Waals surface area contributed by atoms with E-state index in [1.165, 1.54) is 42.5 Å². The molecule has 0 spiro atoms. The van der Waals surface area contributed by atoms with E-state index in [2.05, 4.69) is 37.4 Å². The second kappa shape index (κ2) is 5.53. The fraction of sp³-hybridized carbons (Fsp3) is 0.538. The summed E-state index contributed by atoms with van der Waals surface area (Å²) in [6.45, 7) is 5.54. The van der Waals surface area contributed by atoms with Gasteiger partial charge in [0.2, 0.25) is 0 Å². The van der Waals surface area contributed by atoms with E-state index in [0.717, 1.165) is 0 Å². The monoisotopic (exact) mass is 225 g/mol. The molecule has 0 bridgehead atoms. The Kier molecular flexibility index (Phi) is 4.62. The lowest BCUT2D eigenvalue weighted by atomic mass is 9.95. The van der Waals surface area contributed by atoms with Crippen molar-refractivity contribution in [2.45, 2.75) is 39.2 Å². The van der Waals surface area contributed by atoms with Crippen LogP contribution in [0.3, 0.4) is 0 Å². The summed E-state index contributed by atoms with van der Waals surface area (Å²) in [4.78, 5) is 0. The Balaban J connectivity index is 0.00000112. The first-order valence-corrected chi connectivity index (χ1v) is 5.57. The van der Waals surface area contributed by atoms with Crippen LogP contribution in [0, 0.1) is 13.8 Å². The highest BCUT2D eigenvalue weighted by Crippen LogP contribution is 2.24. The van der Waals surface area contributed by atoms with Crippen molar-refractivity contribution < 1.29 is 0 Å². The van der Waals surface area contributed by atoms with Crippen LogP contribution in [-0.4, -0.2) is 6.54 Å². The minimum atomic E-state index is 0. The minimum absolute atomic E-state index is 0. The maximum atomic E-state index is 3.59. The molecule has 1 atom stereocenters. The molecule has 84 valence electrons. The predicted octanol–water partition coefficient (Wildman–Crippen LogP) is 3.54. The quantitative estimate of drug-likeness (QED) is 0.771. The van der Waals surface area contributed by atoms with Gasteiger partial charge in [0, 0.05) is 6.04 Å². The van der Waals surface area contributed by atoms with Crippen LogP contribution < -0.4 is 5.32 Å². The zero-order valence-electron chi connectivity index (χ0n) is 9.55. The van der Waals surface area contributed by atoms with Gasteiger partial charge in [-0.3, -0.25) is 0 Å². The molecule has 0 aliphatic carbocycles. The second-order valence-corrected chi connectivity index (χ2v) is 4.42. The molecule has 2 rings (SSSR count). The maximum absolute atomic E-state index is 3.59. The molecule has 1 nitrogen and oxygen atoms in total. The SMILES string of the molecule is Cc1cc(C)cc([C@H]2CCCCN2)c1.Cl. The fourth-order valence-corrected chi connectivity index (χ4v) is 2.35. The van der Waals surface area contributed by atoms with Gasteiger partial charge in [0.25, 0.3) is 0 Å². The van der Waals surface area contributed by atoms with E-state index in [4.69, 9.17) is 0 Å². The zero-order valence-corrected chi connectivity index (χ0v) is 10.4. The molecule has 1 aliphatic rings. The Labute approximate surface area is 98.7 Å². The normalized spacial score (nSPS) is 20.8. The molecule has 1 heterocycles. The molecule has 1 aromatic rings. The summed E-state index contributed by atoms with van der Waals surface area (Å²) in [5, 5.41) is 3.59. The summed E-state index contributed by atoms with van der Waals surface area (Å²) < 4.78 is 0. The molecule has 1 aromatic carbocycles. The van der Waals surface area contributed by atoms with E-state index < -0.39 is 0 Å². The average molecular weight is 226 g/mol. The van der Waals surface area contributed by atoms with Gasteiger partial charge in [-0.1, -0.05) is 35.7 Å². The summed E-state index contributed by atoms with van der Waals surface area (Å²) in [7, 11) is 0. The van der Waals surface area contributed by atoms with E-state index in [1.54, 1.807) is 0 Å². The Morgan fingerprint density at radius 3 is 2.27 bits per heavy atom. The Bertz CT molecular complexity index is 296. The third-order valence-electron chi connectivity index (χ3n) is 2.96. The molecular weight excluding hydrogens is 206 g/mol. The molecule has 1 N–H and O–H groups in total. The van der Waals surface area contributed by atoms with Gasteiger partial charge in [0.15, 0.2) is 0 Å². The van der Waals surface area contributed by atoms with E-state index in [-0.39, 0.29) is 12.4 Å². The number of piperidine rings is 1. The minimum Gasteiger partial charge on any atom is -0.310 e. The van der Waals surface area contributed by atoms with Crippen LogP contribution in [0.5, 0.6) is 0 Å². The van der Waals surface area contributed by atoms with Gasteiger partial charge in [-0.25, -0.2) is 0 Å². The summed E-state index contributed by atoms with van der Waals surface area (Å²) >= 11 is 0. The molecule has 1 saturated heterocycles. The Morgan fingerprint density at radius 2 is 1.73 bits per heavy atom. The molecule has 0 amide bonds. The average Bonchev–Trinajstić information content (AvgIpc) is 2.18. The van der Waals surface area contributed by atoms with Crippen molar-refractivity contribution in [1.29, 1.82) is 0 Å². The molecule has 1 aliphatic heterocycles. The van der Waals surface area contributed by atoms with Gasteiger partial charge in [0.1, 0.15) is 0 Å². The van der Waals surface area contributed by atoms with Crippen LogP contribution in [0.2, 0.25) is 0 Å². The predicted molar refractivity (Wildman–Crippen MR) is 67.8 cm³/mol. The Hall–Kier alpha value is -0.530. The van der Waals surface area contributed by atoms with Gasteiger partial charge in [-0.05, 0) is 38.8 Å². The van der Waals surface area contributed by atoms with Crippen LogP contribution in [-0.2, 0) is 0 Å². The zero-order chi connectivity index (χ0) is 9.97. The maximum Gasteiger partial charge on any atom is 0.0320 e. The van der Waals surface area contributed by atoms with E-state index >= 15 is 0 Å². The van der Waals surface area contributed by atoms with Crippen molar-refractivity contribution in [3.05, 3.63) is 34.9 Å². The standard InChI is InChI=1S/C13H19N.ClH/c1-10-7-11(2)9-12(8-10)13-5-3-4-6-14-13;/h7-9,13-14H,3-6H2,1-2H3;1H/t13-;/m1./s1. The number of benzene rings is 1. The molecule has 2 heteroatoms. The number of aryl methyl sites for hydroxylation is 2. The first-order valence-electron chi connectivity index (χ1n) is 5.57. The summed E-state index contributed by atoms with van der Waals surface area (Å²) in [5.74, 6) is 0. The van der Waals surface area contributed by atoms with E-state index in [0.29, 0.717) is 6.04 Å². The summed E-state index contributed by atoms with van der Waals surface area (Å²) in [5.41, 5.74) is 4.24. The number of hydrogen-bond donors (Lipinski definition) is 1. The van der Waals surface area contributed by atoms with E-state index in [9.17, 15) is 0 Å². The first-order chi connectivity index (χ1) is 6.75. The lowest BCUT2D eigenvalue weighted by Gasteiger charge is -2.24. The molecule has 0 unspecified atom stereocenters. The number of rotatable bonds is 1. The molecule has 0 radical (unpaired) electrons. The molecule has 15 heavy (non-hydrogen) atoms. The molecular formula is C13H20ClN. The van der Waals surface area contributed by atoms with E-state index in [1.807, 2.05) is 0 Å². The smallest absolute Gasteiger partial charge is 0.0320 e. The number of nitrogens with one attached hydrogen (secondary N) is 1. The molecule has 1 fully saturated rings. The van der Waals surface area contributed by atoms with Crippen molar-refractivity contribution in [2.24, 2.45) is 0 Å². The number of hydrogen-bond acceptors (Lipinski definition) is 1. The van der Waals surface area contributed by atoms with Gasteiger partial charge in [-0.15, -0.1) is 12.4 Å². The van der Waals surface area contributed by atoms with Crippen molar-refractivity contribution in [1.82, 2.24) is 5.32 Å². The van der Waals surface area contributed by atoms with Crippen LogP contribution in [0.15, 0.2) is 18.2 Å². The van der Waals surface area contributed by atoms with Crippen LogP contribution in [0.4, 0.5) is 0 Å². The van der Waals surface area contributed by atoms with Crippen molar-refractivity contribution in [3.63, 3.8) is 0 Å². The molecule has 0 saturated carbocycles. The van der Waals surface area contributed by atoms with Crippen LogP contribution >= 0.6 is 12.4 Å². The summed E-state index contributed by atoms with van der Waals surface area (Å²) in [6, 6.07) is 7.47. The van der Waals surface area contributed by atoms with Gasteiger partial charge in [0.05, 0.1) is 0 Å². The van der Waals surface area contributed by atoms with Gasteiger partial charge >= 0.3 is 0 Å². The lowest BCUT2D eigenvalue weighted by molar-refractivity contribution is 0.412.